The van der Waals surface area contributed by atoms with E-state index in [-0.39, 0.29) is 37.7 Å². The molecule has 3 aromatic carbocycles. The van der Waals surface area contributed by atoms with Gasteiger partial charge in [-0.25, -0.2) is 0 Å². The molecule has 0 N–H and O–H groups in total. The van der Waals surface area contributed by atoms with Crippen molar-refractivity contribution in [2.45, 2.75) is 390 Å². The van der Waals surface area contributed by atoms with Crippen molar-refractivity contribution in [2.75, 3.05) is 79.3 Å². The Balaban J connectivity index is -0.000000303. The van der Waals surface area contributed by atoms with Crippen molar-refractivity contribution in [3.05, 3.63) is 160 Å². The van der Waals surface area contributed by atoms with E-state index in [0.717, 1.165) is 141 Å². The highest BCUT2D eigenvalue weighted by atomic mass is 28.3. The van der Waals surface area contributed by atoms with Crippen LogP contribution >= 0.6 is 0 Å². The maximum Gasteiger partial charge on any atom is 0.181 e. The molecule has 6 unspecified atom stereocenters. The monoisotopic (exact) mass is 1790 g/mol. The Morgan fingerprint density at radius 1 is 0.306 bits per heavy atom. The molecular formula is C109H208O12Si3. The number of hydrogen-bond donors (Lipinski definition) is 0. The topological polar surface area (TPSA) is 131 Å². The average molecular weight is 1800 g/mol. The van der Waals surface area contributed by atoms with Crippen molar-refractivity contribution in [2.24, 2.45) is 59.2 Å². The molecule has 6 saturated heterocycles. The van der Waals surface area contributed by atoms with Gasteiger partial charge in [-0.2, -0.15) is 0 Å². The molecule has 1 saturated carbocycles. The van der Waals surface area contributed by atoms with Gasteiger partial charge in [0.25, 0.3) is 0 Å². The van der Waals surface area contributed by atoms with Gasteiger partial charge in [0.15, 0.2) is 37.7 Å². The van der Waals surface area contributed by atoms with Gasteiger partial charge in [0, 0.05) is 55.8 Å². The molecule has 15 heteroatoms. The summed E-state index contributed by atoms with van der Waals surface area (Å²) >= 11 is 0. The number of unbranched alkanes of at least 4 members (excludes halogenated alkanes) is 4. The molecule has 6 heterocycles. The first kappa shape index (κ1) is 131. The van der Waals surface area contributed by atoms with Crippen LogP contribution in [0.5, 0.6) is 0 Å². The number of aryl methyl sites for hydroxylation is 1. The van der Waals surface area contributed by atoms with Crippen LogP contribution in [0.4, 0.5) is 0 Å². The van der Waals surface area contributed by atoms with Crippen molar-refractivity contribution >= 4 is 34.6 Å². The Hall–Kier alpha value is -3.47. The first-order valence-corrected chi connectivity index (χ1v) is 60.1. The van der Waals surface area contributed by atoms with E-state index in [1.807, 2.05) is 36.4 Å². The van der Waals surface area contributed by atoms with Crippen LogP contribution in [0, 0.1) is 59.2 Å². The molecule has 7 fully saturated rings. The molecule has 10 rings (SSSR count). The predicted octanol–water partition coefficient (Wildman–Crippen LogP) is 31.1. The smallest absolute Gasteiger partial charge is 0.181 e. The molecule has 0 radical (unpaired) electrons. The molecule has 728 valence electrons. The lowest BCUT2D eigenvalue weighted by molar-refractivity contribution is 0.0466. The Labute approximate surface area is 775 Å². The van der Waals surface area contributed by atoms with E-state index in [4.69, 9.17) is 56.8 Å². The van der Waals surface area contributed by atoms with Gasteiger partial charge in [0.05, 0.1) is 0 Å². The minimum Gasteiger partial charge on any atom is -0.350 e. The molecular weight excluding hydrogens is 1590 g/mol. The highest BCUT2D eigenvalue weighted by Crippen LogP contribution is 2.26. The van der Waals surface area contributed by atoms with Crippen molar-refractivity contribution in [3.8, 4) is 0 Å². The Kier molecular flexibility index (Phi) is 95.4. The zero-order chi connectivity index (χ0) is 95.4. The highest BCUT2D eigenvalue weighted by molar-refractivity contribution is 7.00. The van der Waals surface area contributed by atoms with E-state index >= 15 is 0 Å². The fourth-order valence-corrected chi connectivity index (χ4v) is 11.3. The molecule has 0 amide bonds. The number of ether oxygens (including phenoxy) is 12. The van der Waals surface area contributed by atoms with Crippen LogP contribution in [0.2, 0.25) is 65.5 Å². The van der Waals surface area contributed by atoms with Crippen LogP contribution in [0.15, 0.2) is 154 Å². The lowest BCUT2D eigenvalue weighted by atomic mass is 9.88. The van der Waals surface area contributed by atoms with Crippen LogP contribution < -0.4 is 10.4 Å². The summed E-state index contributed by atoms with van der Waals surface area (Å²) in [7, 11) is -2.68. The van der Waals surface area contributed by atoms with Crippen LogP contribution in [-0.4, -0.2) is 141 Å². The second-order valence-corrected chi connectivity index (χ2v) is 56.3. The molecule has 0 bridgehead atoms. The quantitative estimate of drug-likeness (QED) is 0.0233. The van der Waals surface area contributed by atoms with Gasteiger partial charge in [0.2, 0.25) is 0 Å². The number of epoxide rings is 6. The third-order valence-electron chi connectivity index (χ3n) is 17.7. The fraction of sp³-hybridized carbons (Fsp3) is 0.743. The van der Waals surface area contributed by atoms with E-state index < -0.39 is 24.2 Å². The van der Waals surface area contributed by atoms with Gasteiger partial charge in [0.1, 0.15) is 47.7 Å². The standard InChI is InChI=1S/C14H16Si.4C8H16O2.C8H16.C8H10.2C7H14O2.5C5H10.2C4H12Si/c1-15(2,13-9-5-3-6-10-13)14-11-7-4-8-12-14;4*1-7(2)4-3-5-9-8-6-10-8;2*1-2-8-6-4-3-5-7-8;2*1-2-3-4-5-8-7-6-9-7;5*1-4-5(2)3;2*1-5(2,3)4/h3-12H,1-2H3;4*7-8H,3-6H2,1-2H3;8H,2-7H2,1H3;3-7H,2H2,1H3;2*7H,2-6H2,1H3;5*4-5H,1H2,2-3H3;2*1-4H3. The van der Waals surface area contributed by atoms with E-state index in [2.05, 4.69) is 336 Å². The molecule has 7 aliphatic rings. The summed E-state index contributed by atoms with van der Waals surface area (Å²) in [4.78, 5) is 0. The van der Waals surface area contributed by atoms with E-state index in [9.17, 15) is 0 Å². The largest absolute Gasteiger partial charge is 0.350 e. The lowest BCUT2D eigenvalue weighted by Crippen LogP contribution is -2.52. The normalized spacial score (nSPS) is 17.4. The Morgan fingerprint density at radius 3 is 0.645 bits per heavy atom. The molecule has 0 spiro atoms. The minimum absolute atomic E-state index is 0.146. The van der Waals surface area contributed by atoms with Gasteiger partial charge in [-0.15, -0.1) is 32.9 Å². The molecule has 3 aromatic rings. The second-order valence-electron chi connectivity index (χ2n) is 39.9. The van der Waals surface area contributed by atoms with E-state index in [0.29, 0.717) is 29.6 Å². The Morgan fingerprint density at radius 2 is 0.500 bits per heavy atom. The SMILES string of the molecule is C=CC(C)C.C=CC(C)C.C=CC(C)C.C=CC(C)C.C=CC(C)C.CC(C)CCCOC1CO1.CC(C)CCCOC1CO1.CC(C)CCCOC1CO1.CC(C)CCCOC1CO1.CCC1CCCCC1.CCCCCOC1CO1.CCCCCOC1CO1.CCc1ccccc1.C[Si](C)(C)C.C[Si](C)(C)C.C[Si](C)(c1ccccc1)c1ccccc1. The number of rotatable bonds is 39. The maximum atomic E-state index is 5.28. The second kappa shape index (κ2) is 90.1. The van der Waals surface area contributed by atoms with Crippen molar-refractivity contribution < 1.29 is 56.8 Å². The fourth-order valence-electron chi connectivity index (χ4n) is 8.96. The summed E-state index contributed by atoms with van der Waals surface area (Å²) in [5.41, 5.74) is 1.41. The Bertz CT molecular complexity index is 2380. The van der Waals surface area contributed by atoms with Crippen molar-refractivity contribution in [3.63, 3.8) is 0 Å². The summed E-state index contributed by atoms with van der Waals surface area (Å²) < 4.78 is 60.9. The third-order valence-corrected chi connectivity index (χ3v) is 21.3. The van der Waals surface area contributed by atoms with Crippen LogP contribution in [0.3, 0.4) is 0 Å². The van der Waals surface area contributed by atoms with Crippen LogP contribution in [0.25, 0.3) is 0 Å². The summed E-state index contributed by atoms with van der Waals surface area (Å²) in [6, 6.07) is 32.1. The van der Waals surface area contributed by atoms with Crippen LogP contribution in [-0.2, 0) is 63.3 Å². The molecule has 0 aromatic heterocycles. The summed E-state index contributed by atoms with van der Waals surface area (Å²) in [5.74, 6) is 7.51. The zero-order valence-corrected chi connectivity index (χ0v) is 90.6. The van der Waals surface area contributed by atoms with Crippen molar-refractivity contribution in [1.82, 2.24) is 0 Å². The molecule has 124 heavy (non-hydrogen) atoms. The van der Waals surface area contributed by atoms with Crippen LogP contribution in [0.1, 0.15) is 286 Å². The number of benzene rings is 3. The average Bonchev–Trinajstić information content (AvgIpc) is 0.914. The molecule has 1 aliphatic carbocycles. The molecule has 6 aliphatic heterocycles. The van der Waals surface area contributed by atoms with Gasteiger partial charge < -0.3 is 56.8 Å². The first-order valence-electron chi connectivity index (χ1n) is 49.1. The summed E-state index contributed by atoms with van der Waals surface area (Å²) in [5, 5.41) is 2.99. The highest BCUT2D eigenvalue weighted by Gasteiger charge is 2.27. The van der Waals surface area contributed by atoms with Gasteiger partial charge in [-0.1, -0.05) is 414 Å². The van der Waals surface area contributed by atoms with Gasteiger partial charge >= 0.3 is 0 Å². The van der Waals surface area contributed by atoms with Gasteiger partial charge in [-0.3, -0.25) is 0 Å². The number of hydrogen-bond acceptors (Lipinski definition) is 12. The van der Waals surface area contributed by atoms with Crippen molar-refractivity contribution in [1.29, 1.82) is 0 Å². The van der Waals surface area contributed by atoms with E-state index in [1.54, 1.807) is 0 Å². The summed E-state index contributed by atoms with van der Waals surface area (Å²) in [6.45, 7) is 99.0. The zero-order valence-electron chi connectivity index (χ0n) is 87.6. The summed E-state index contributed by atoms with van der Waals surface area (Å²) in [6.07, 6.45) is 37.6. The third kappa shape index (κ3) is 129. The molecule has 12 nitrogen and oxygen atoms in total. The lowest BCUT2D eigenvalue weighted by Gasteiger charge is -2.23. The maximum absolute atomic E-state index is 5.28. The molecule has 6 atom stereocenters. The predicted molar refractivity (Wildman–Crippen MR) is 555 cm³/mol. The number of allylic oxidation sites excluding steroid dienone is 5. The first-order chi connectivity index (χ1) is 58.4. The van der Waals surface area contributed by atoms with E-state index in [1.165, 1.54) is 119 Å². The minimum atomic E-state index is -1.46. The van der Waals surface area contributed by atoms with Gasteiger partial charge in [-0.05, 0) is 135 Å².